The number of nitrogens with one attached hydrogen (secondary N) is 1. The predicted molar refractivity (Wildman–Crippen MR) is 55.6 cm³/mol. The van der Waals surface area contributed by atoms with Crippen LogP contribution in [0.4, 0.5) is 0 Å². The molecule has 0 aliphatic carbocycles. The monoisotopic (exact) mass is 218 g/mol. The van der Waals surface area contributed by atoms with Crippen LogP contribution >= 0.6 is 12.4 Å². The van der Waals surface area contributed by atoms with Gasteiger partial charge in [-0.3, -0.25) is 0 Å². The van der Waals surface area contributed by atoms with E-state index in [1.165, 1.54) is 0 Å². The number of hydrogen-bond acceptors (Lipinski definition) is 3. The van der Waals surface area contributed by atoms with Crippen LogP contribution in [0.25, 0.3) is 10.4 Å². The summed E-state index contributed by atoms with van der Waals surface area (Å²) in [6.45, 7) is 2.63. The zero-order chi connectivity index (χ0) is 9.15. The van der Waals surface area contributed by atoms with E-state index in [2.05, 4.69) is 15.3 Å². The summed E-state index contributed by atoms with van der Waals surface area (Å²) in [7, 11) is 0. The van der Waals surface area contributed by atoms with Crippen LogP contribution in [-0.4, -0.2) is 31.3 Å². The maximum Gasteiger partial charge on any atom is 0.0711 e. The Hall–Kier alpha value is -0.480. The van der Waals surface area contributed by atoms with Crippen molar-refractivity contribution >= 4 is 12.4 Å². The van der Waals surface area contributed by atoms with Crippen molar-refractivity contribution < 1.29 is 4.74 Å². The first-order valence-electron chi connectivity index (χ1n) is 4.74. The number of piperidine rings is 1. The molecular formula is C8H15ClN4O. The van der Waals surface area contributed by atoms with Crippen molar-refractivity contribution in [3.05, 3.63) is 10.4 Å². The van der Waals surface area contributed by atoms with Crippen LogP contribution in [0.15, 0.2) is 5.11 Å². The lowest BCUT2D eigenvalue weighted by Gasteiger charge is -2.32. The summed E-state index contributed by atoms with van der Waals surface area (Å²) in [6, 6.07) is 0.0584. The summed E-state index contributed by atoms with van der Waals surface area (Å²) < 4.78 is 5.74. The normalized spacial score (nSPS) is 29.3. The molecule has 6 heteroatoms. The van der Waals surface area contributed by atoms with Gasteiger partial charge in [-0.05, 0) is 37.9 Å². The Bertz CT molecular complexity index is 235. The van der Waals surface area contributed by atoms with Crippen molar-refractivity contribution in [1.82, 2.24) is 5.32 Å². The Kier molecular flexibility index (Phi) is 4.01. The molecule has 2 saturated heterocycles. The Labute approximate surface area is 89.2 Å². The zero-order valence-corrected chi connectivity index (χ0v) is 8.79. The van der Waals surface area contributed by atoms with Crippen molar-refractivity contribution in [3.63, 3.8) is 0 Å². The first-order chi connectivity index (χ1) is 6.35. The van der Waals surface area contributed by atoms with E-state index < -0.39 is 0 Å². The predicted octanol–water partition coefficient (Wildman–Crippen LogP) is 1.63. The molecule has 0 aromatic carbocycles. The van der Waals surface area contributed by atoms with Gasteiger partial charge < -0.3 is 10.1 Å². The van der Waals surface area contributed by atoms with E-state index in [0.717, 1.165) is 32.4 Å². The number of hydrogen-bond donors (Lipinski definition) is 1. The van der Waals surface area contributed by atoms with Gasteiger partial charge in [0.2, 0.25) is 0 Å². The summed E-state index contributed by atoms with van der Waals surface area (Å²) in [5.41, 5.74) is 8.32. The minimum atomic E-state index is 0. The summed E-state index contributed by atoms with van der Waals surface area (Å²) in [6.07, 6.45) is 2.99. The highest BCUT2D eigenvalue weighted by atomic mass is 35.5. The van der Waals surface area contributed by atoms with E-state index >= 15 is 0 Å². The molecule has 1 spiro atoms. The molecule has 0 aromatic rings. The first-order valence-corrected chi connectivity index (χ1v) is 4.74. The summed E-state index contributed by atoms with van der Waals surface area (Å²) in [5, 5.41) is 7.01. The molecule has 0 radical (unpaired) electrons. The Balaban J connectivity index is 0.000000980. The van der Waals surface area contributed by atoms with Gasteiger partial charge in [-0.1, -0.05) is 5.11 Å². The molecule has 0 saturated carbocycles. The quantitative estimate of drug-likeness (QED) is 0.413. The van der Waals surface area contributed by atoms with Crippen LogP contribution in [0.3, 0.4) is 0 Å². The molecular weight excluding hydrogens is 204 g/mol. The molecule has 1 atom stereocenters. The van der Waals surface area contributed by atoms with Gasteiger partial charge in [0.1, 0.15) is 0 Å². The van der Waals surface area contributed by atoms with Crippen molar-refractivity contribution in [2.45, 2.75) is 30.9 Å². The largest absolute Gasteiger partial charge is 0.374 e. The van der Waals surface area contributed by atoms with Gasteiger partial charge in [0, 0.05) is 4.91 Å². The number of nitrogens with zero attached hydrogens (tertiary/aromatic N) is 3. The number of rotatable bonds is 1. The van der Waals surface area contributed by atoms with Crippen molar-refractivity contribution in [2.24, 2.45) is 5.11 Å². The number of halogens is 1. The molecule has 80 valence electrons. The van der Waals surface area contributed by atoms with Crippen LogP contribution in [0.2, 0.25) is 0 Å². The zero-order valence-electron chi connectivity index (χ0n) is 7.98. The highest BCUT2D eigenvalue weighted by Crippen LogP contribution is 2.35. The lowest BCUT2D eigenvalue weighted by Crippen LogP contribution is -2.41. The van der Waals surface area contributed by atoms with Gasteiger partial charge in [0.05, 0.1) is 18.2 Å². The third-order valence-electron chi connectivity index (χ3n) is 2.92. The molecule has 1 N–H and O–H groups in total. The van der Waals surface area contributed by atoms with Crippen molar-refractivity contribution in [3.8, 4) is 0 Å². The molecule has 1 unspecified atom stereocenters. The fraction of sp³-hybridized carbons (Fsp3) is 1.00. The maximum atomic E-state index is 8.30. The van der Waals surface area contributed by atoms with Gasteiger partial charge in [-0.15, -0.1) is 12.4 Å². The molecule has 0 bridgehead atoms. The smallest absolute Gasteiger partial charge is 0.0711 e. The van der Waals surface area contributed by atoms with E-state index in [-0.39, 0.29) is 24.0 Å². The van der Waals surface area contributed by atoms with E-state index in [1.54, 1.807) is 0 Å². The molecule has 5 nitrogen and oxygen atoms in total. The molecule has 2 aliphatic heterocycles. The SMILES string of the molecule is Cl.[N-]=[N+]=NC1COC2(CCNCC2)C1. The van der Waals surface area contributed by atoms with Crippen LogP contribution in [0.5, 0.6) is 0 Å². The van der Waals surface area contributed by atoms with Crippen LogP contribution < -0.4 is 5.32 Å². The van der Waals surface area contributed by atoms with E-state index in [4.69, 9.17) is 10.3 Å². The minimum absolute atomic E-state index is 0. The number of ether oxygens (including phenoxy) is 1. The van der Waals surface area contributed by atoms with E-state index in [0.29, 0.717) is 6.61 Å². The molecule has 2 fully saturated rings. The van der Waals surface area contributed by atoms with E-state index in [9.17, 15) is 0 Å². The topological polar surface area (TPSA) is 70.0 Å². The summed E-state index contributed by atoms with van der Waals surface area (Å²) >= 11 is 0. The Morgan fingerprint density at radius 2 is 2.14 bits per heavy atom. The van der Waals surface area contributed by atoms with E-state index in [1.807, 2.05) is 0 Å². The average molecular weight is 219 g/mol. The summed E-state index contributed by atoms with van der Waals surface area (Å²) in [5.74, 6) is 0. The lowest BCUT2D eigenvalue weighted by molar-refractivity contribution is -0.0192. The fourth-order valence-electron chi connectivity index (χ4n) is 2.20. The average Bonchev–Trinajstić information content (AvgIpc) is 2.51. The van der Waals surface area contributed by atoms with Gasteiger partial charge in [-0.2, -0.15) is 0 Å². The first kappa shape index (κ1) is 11.6. The third kappa shape index (κ3) is 2.30. The van der Waals surface area contributed by atoms with Crippen LogP contribution in [0, 0.1) is 0 Å². The summed E-state index contributed by atoms with van der Waals surface area (Å²) in [4.78, 5) is 2.83. The van der Waals surface area contributed by atoms with Crippen LogP contribution in [0.1, 0.15) is 19.3 Å². The second-order valence-corrected chi connectivity index (χ2v) is 3.81. The molecule has 2 rings (SSSR count). The lowest BCUT2D eigenvalue weighted by atomic mass is 9.88. The highest BCUT2D eigenvalue weighted by Gasteiger charge is 2.40. The second-order valence-electron chi connectivity index (χ2n) is 3.81. The molecule has 2 heterocycles. The Morgan fingerprint density at radius 3 is 2.79 bits per heavy atom. The van der Waals surface area contributed by atoms with Gasteiger partial charge >= 0.3 is 0 Å². The van der Waals surface area contributed by atoms with Crippen molar-refractivity contribution in [2.75, 3.05) is 19.7 Å². The van der Waals surface area contributed by atoms with Gasteiger partial charge in [0.15, 0.2) is 0 Å². The molecule has 0 aromatic heterocycles. The van der Waals surface area contributed by atoms with Crippen molar-refractivity contribution in [1.29, 1.82) is 0 Å². The number of azide groups is 1. The molecule has 0 amide bonds. The Morgan fingerprint density at radius 1 is 1.43 bits per heavy atom. The fourth-order valence-corrected chi connectivity index (χ4v) is 2.20. The standard InChI is InChI=1S/C8H14N4O.ClH/c9-12-11-7-5-8(13-6-7)1-3-10-4-2-8;/h7,10H,1-6H2;1H. The van der Waals surface area contributed by atoms with Gasteiger partial charge in [0.25, 0.3) is 0 Å². The maximum absolute atomic E-state index is 8.30. The third-order valence-corrected chi connectivity index (χ3v) is 2.92. The highest BCUT2D eigenvalue weighted by molar-refractivity contribution is 5.85. The minimum Gasteiger partial charge on any atom is -0.374 e. The van der Waals surface area contributed by atoms with Crippen LogP contribution in [-0.2, 0) is 4.74 Å². The second kappa shape index (κ2) is 4.84. The van der Waals surface area contributed by atoms with Gasteiger partial charge in [-0.25, -0.2) is 0 Å². The molecule has 14 heavy (non-hydrogen) atoms. The molecule has 2 aliphatic rings.